The Morgan fingerprint density at radius 3 is 2.87 bits per heavy atom. The molecule has 0 radical (unpaired) electrons. The van der Waals surface area contributed by atoms with Crippen LogP contribution >= 0.6 is 0 Å². The Labute approximate surface area is 88.6 Å². The quantitative estimate of drug-likeness (QED) is 0.545. The highest BCUT2D eigenvalue weighted by atomic mass is 16.5. The van der Waals surface area contributed by atoms with Gasteiger partial charge < -0.3 is 4.74 Å². The van der Waals surface area contributed by atoms with E-state index in [1.165, 1.54) is 13.2 Å². The van der Waals surface area contributed by atoms with Crippen molar-refractivity contribution < 1.29 is 9.53 Å². The molecule has 0 aromatic heterocycles. The van der Waals surface area contributed by atoms with E-state index >= 15 is 0 Å². The zero-order valence-electron chi connectivity index (χ0n) is 8.65. The topological polar surface area (TPSA) is 50.1 Å². The maximum Gasteiger partial charge on any atom is 0.338 e. The maximum atomic E-state index is 11.3. The lowest BCUT2D eigenvalue weighted by Crippen LogP contribution is -2.04. The van der Waals surface area contributed by atoms with Crippen LogP contribution in [0.3, 0.4) is 0 Å². The van der Waals surface area contributed by atoms with Crippen LogP contribution in [0.2, 0.25) is 0 Å². The zero-order chi connectivity index (χ0) is 11.3. The highest BCUT2D eigenvalue weighted by molar-refractivity contribution is 5.92. The molecule has 0 saturated heterocycles. The number of carbonyl (C=O) groups excluding carboxylic acids is 1. The Kier molecular flexibility index (Phi) is 3.64. The smallest absolute Gasteiger partial charge is 0.338 e. The SMILES string of the molecule is COC(=O)c1cccc(C=CC#N)c1C. The second-order valence-electron chi connectivity index (χ2n) is 2.97. The van der Waals surface area contributed by atoms with Crippen molar-refractivity contribution in [3.63, 3.8) is 0 Å². The number of ether oxygens (including phenoxy) is 1. The number of rotatable bonds is 2. The predicted molar refractivity (Wildman–Crippen MR) is 57.2 cm³/mol. The van der Waals surface area contributed by atoms with Gasteiger partial charge in [0.15, 0.2) is 0 Å². The minimum atomic E-state index is -0.361. The second kappa shape index (κ2) is 4.97. The molecule has 15 heavy (non-hydrogen) atoms. The Morgan fingerprint density at radius 2 is 2.27 bits per heavy atom. The van der Waals surface area contributed by atoms with E-state index in [2.05, 4.69) is 4.74 Å². The number of nitriles is 1. The van der Waals surface area contributed by atoms with Crippen molar-refractivity contribution in [3.8, 4) is 6.07 Å². The molecule has 0 aliphatic carbocycles. The molecule has 3 nitrogen and oxygen atoms in total. The number of carbonyl (C=O) groups is 1. The molecule has 1 aromatic rings. The van der Waals surface area contributed by atoms with Crippen molar-refractivity contribution in [3.05, 3.63) is 41.0 Å². The van der Waals surface area contributed by atoms with Crippen LogP contribution in [0, 0.1) is 18.3 Å². The summed E-state index contributed by atoms with van der Waals surface area (Å²) in [5.74, 6) is -0.361. The Hall–Kier alpha value is -2.08. The van der Waals surface area contributed by atoms with E-state index in [-0.39, 0.29) is 5.97 Å². The summed E-state index contributed by atoms with van der Waals surface area (Å²) in [6.45, 7) is 1.82. The monoisotopic (exact) mass is 201 g/mol. The third-order valence-electron chi connectivity index (χ3n) is 2.12. The molecule has 0 atom stereocenters. The molecule has 3 heteroatoms. The molecule has 0 saturated carbocycles. The fraction of sp³-hybridized carbons (Fsp3) is 0.167. The number of methoxy groups -OCH3 is 1. The Morgan fingerprint density at radius 1 is 1.53 bits per heavy atom. The van der Waals surface area contributed by atoms with Gasteiger partial charge >= 0.3 is 5.97 Å². The first-order valence-corrected chi connectivity index (χ1v) is 4.44. The average Bonchev–Trinajstić information content (AvgIpc) is 2.27. The fourth-order valence-corrected chi connectivity index (χ4v) is 1.29. The van der Waals surface area contributed by atoms with Crippen molar-refractivity contribution in [2.45, 2.75) is 6.92 Å². The molecule has 0 amide bonds. The summed E-state index contributed by atoms with van der Waals surface area (Å²) in [5.41, 5.74) is 2.19. The van der Waals surface area contributed by atoms with Gasteiger partial charge in [-0.1, -0.05) is 12.1 Å². The summed E-state index contributed by atoms with van der Waals surface area (Å²) in [5, 5.41) is 8.41. The van der Waals surface area contributed by atoms with Crippen molar-refractivity contribution in [1.29, 1.82) is 5.26 Å². The summed E-state index contributed by atoms with van der Waals surface area (Å²) in [4.78, 5) is 11.3. The van der Waals surface area contributed by atoms with Crippen LogP contribution in [-0.4, -0.2) is 13.1 Å². The molecule has 0 fully saturated rings. The van der Waals surface area contributed by atoms with E-state index in [9.17, 15) is 4.79 Å². The minimum Gasteiger partial charge on any atom is -0.465 e. The van der Waals surface area contributed by atoms with E-state index in [1.807, 2.05) is 19.1 Å². The first kappa shape index (κ1) is 11.0. The van der Waals surface area contributed by atoms with Gasteiger partial charge in [0.25, 0.3) is 0 Å². The van der Waals surface area contributed by atoms with E-state index in [1.54, 1.807) is 18.2 Å². The van der Waals surface area contributed by atoms with Gasteiger partial charge in [0.1, 0.15) is 0 Å². The normalized spacial score (nSPS) is 9.93. The van der Waals surface area contributed by atoms with Gasteiger partial charge in [0, 0.05) is 6.08 Å². The Balaban J connectivity index is 3.18. The summed E-state index contributed by atoms with van der Waals surface area (Å²) in [7, 11) is 1.35. The van der Waals surface area contributed by atoms with Gasteiger partial charge in [-0.25, -0.2) is 4.79 Å². The summed E-state index contributed by atoms with van der Waals surface area (Å²) in [6, 6.07) is 7.21. The maximum absolute atomic E-state index is 11.3. The standard InChI is InChI=1S/C12H11NO2/c1-9-10(6-4-8-13)5-3-7-11(9)12(14)15-2/h3-7H,1-2H3. The third-order valence-corrected chi connectivity index (χ3v) is 2.12. The Bertz CT molecular complexity index is 441. The largest absolute Gasteiger partial charge is 0.465 e. The molecule has 0 aliphatic heterocycles. The number of benzene rings is 1. The molecule has 0 heterocycles. The molecule has 76 valence electrons. The highest BCUT2D eigenvalue weighted by Gasteiger charge is 2.09. The summed E-state index contributed by atoms with van der Waals surface area (Å²) < 4.78 is 4.65. The molecule has 0 spiro atoms. The minimum absolute atomic E-state index is 0.361. The molecular weight excluding hydrogens is 190 g/mol. The van der Waals surface area contributed by atoms with Gasteiger partial charge in [0.2, 0.25) is 0 Å². The number of hydrogen-bond donors (Lipinski definition) is 0. The van der Waals surface area contributed by atoms with Crippen LogP contribution in [0.25, 0.3) is 6.08 Å². The van der Waals surface area contributed by atoms with Crippen LogP contribution in [0.15, 0.2) is 24.3 Å². The van der Waals surface area contributed by atoms with Crippen LogP contribution in [0.4, 0.5) is 0 Å². The van der Waals surface area contributed by atoms with Gasteiger partial charge in [-0.2, -0.15) is 5.26 Å². The van der Waals surface area contributed by atoms with Gasteiger partial charge in [-0.3, -0.25) is 0 Å². The van der Waals surface area contributed by atoms with Crippen molar-refractivity contribution in [2.75, 3.05) is 7.11 Å². The molecular formula is C12H11NO2. The fourth-order valence-electron chi connectivity index (χ4n) is 1.29. The molecule has 0 unspecified atom stereocenters. The average molecular weight is 201 g/mol. The van der Waals surface area contributed by atoms with E-state index in [0.29, 0.717) is 5.56 Å². The lowest BCUT2D eigenvalue weighted by atomic mass is 10.0. The molecule has 1 aromatic carbocycles. The number of esters is 1. The van der Waals surface area contributed by atoms with Crippen LogP contribution in [0.5, 0.6) is 0 Å². The van der Waals surface area contributed by atoms with Crippen molar-refractivity contribution in [2.24, 2.45) is 0 Å². The number of allylic oxidation sites excluding steroid dienone is 1. The predicted octanol–water partition coefficient (Wildman–Crippen LogP) is 2.32. The summed E-state index contributed by atoms with van der Waals surface area (Å²) >= 11 is 0. The zero-order valence-corrected chi connectivity index (χ0v) is 8.65. The van der Waals surface area contributed by atoms with Crippen LogP contribution in [-0.2, 0) is 4.74 Å². The van der Waals surface area contributed by atoms with Crippen molar-refractivity contribution >= 4 is 12.0 Å². The third kappa shape index (κ3) is 2.44. The number of hydrogen-bond acceptors (Lipinski definition) is 3. The van der Waals surface area contributed by atoms with Gasteiger partial charge in [-0.05, 0) is 30.2 Å². The second-order valence-corrected chi connectivity index (χ2v) is 2.97. The van der Waals surface area contributed by atoms with E-state index in [0.717, 1.165) is 11.1 Å². The summed E-state index contributed by atoms with van der Waals surface area (Å²) in [6.07, 6.45) is 3.05. The highest BCUT2D eigenvalue weighted by Crippen LogP contribution is 2.15. The number of nitrogens with zero attached hydrogens (tertiary/aromatic N) is 1. The lowest BCUT2D eigenvalue weighted by molar-refractivity contribution is 0.0600. The van der Waals surface area contributed by atoms with E-state index in [4.69, 9.17) is 5.26 Å². The van der Waals surface area contributed by atoms with Gasteiger partial charge in [-0.15, -0.1) is 0 Å². The van der Waals surface area contributed by atoms with Crippen LogP contribution < -0.4 is 0 Å². The molecule has 0 aliphatic rings. The van der Waals surface area contributed by atoms with Crippen molar-refractivity contribution in [1.82, 2.24) is 0 Å². The molecule has 0 N–H and O–H groups in total. The first-order chi connectivity index (χ1) is 7.20. The van der Waals surface area contributed by atoms with Gasteiger partial charge in [0.05, 0.1) is 18.7 Å². The lowest BCUT2D eigenvalue weighted by Gasteiger charge is -2.05. The van der Waals surface area contributed by atoms with Crippen LogP contribution in [0.1, 0.15) is 21.5 Å². The molecule has 1 rings (SSSR count). The molecule has 0 bridgehead atoms. The van der Waals surface area contributed by atoms with E-state index < -0.39 is 0 Å². The first-order valence-electron chi connectivity index (χ1n) is 4.44.